The lowest BCUT2D eigenvalue weighted by molar-refractivity contribution is 0.197. The molecule has 0 spiro atoms. The molecule has 0 bridgehead atoms. The SMILES string of the molecule is CCNC(=NCCCOC)NC1CCN(Cc2cc(OC)cc(OC)c2)C1. The van der Waals surface area contributed by atoms with E-state index in [-0.39, 0.29) is 0 Å². The van der Waals surface area contributed by atoms with Crippen LogP contribution in [0.1, 0.15) is 25.3 Å². The topological polar surface area (TPSA) is 67.4 Å². The van der Waals surface area contributed by atoms with Crippen LogP contribution in [-0.2, 0) is 11.3 Å². The molecule has 1 heterocycles. The molecule has 7 heteroatoms. The fourth-order valence-electron chi connectivity index (χ4n) is 3.22. The molecule has 1 fully saturated rings. The quantitative estimate of drug-likeness (QED) is 0.368. The Kier molecular flexibility index (Phi) is 9.21. The van der Waals surface area contributed by atoms with E-state index in [0.29, 0.717) is 6.04 Å². The first kappa shape index (κ1) is 21.3. The second-order valence-corrected chi connectivity index (χ2v) is 6.69. The Labute approximate surface area is 163 Å². The van der Waals surface area contributed by atoms with E-state index in [4.69, 9.17) is 14.2 Å². The number of nitrogens with zero attached hydrogens (tertiary/aromatic N) is 2. The van der Waals surface area contributed by atoms with Crippen molar-refractivity contribution in [1.29, 1.82) is 0 Å². The van der Waals surface area contributed by atoms with Crippen LogP contribution in [0, 0.1) is 0 Å². The molecule has 2 N–H and O–H groups in total. The first-order valence-corrected chi connectivity index (χ1v) is 9.66. The fraction of sp³-hybridized carbons (Fsp3) is 0.650. The standard InChI is InChI=1S/C20H34N4O3/c1-5-21-20(22-8-6-10-25-2)23-17-7-9-24(15-17)14-16-11-18(26-3)13-19(12-16)27-4/h11-13,17H,5-10,14-15H2,1-4H3,(H2,21,22,23). The van der Waals surface area contributed by atoms with Crippen LogP contribution in [0.3, 0.4) is 0 Å². The van der Waals surface area contributed by atoms with Gasteiger partial charge in [0.15, 0.2) is 5.96 Å². The predicted molar refractivity (Wildman–Crippen MR) is 109 cm³/mol. The maximum atomic E-state index is 5.37. The molecule has 0 amide bonds. The van der Waals surface area contributed by atoms with E-state index in [0.717, 1.165) is 69.6 Å². The number of rotatable bonds is 10. The van der Waals surface area contributed by atoms with Crippen LogP contribution in [0.15, 0.2) is 23.2 Å². The number of guanidine groups is 1. The van der Waals surface area contributed by atoms with Crippen molar-refractivity contribution in [3.63, 3.8) is 0 Å². The summed E-state index contributed by atoms with van der Waals surface area (Å²) in [6.45, 7) is 7.38. The van der Waals surface area contributed by atoms with Crippen LogP contribution >= 0.6 is 0 Å². The fourth-order valence-corrected chi connectivity index (χ4v) is 3.22. The van der Waals surface area contributed by atoms with Gasteiger partial charge in [-0.05, 0) is 37.5 Å². The van der Waals surface area contributed by atoms with Crippen LogP contribution in [0.2, 0.25) is 0 Å². The lowest BCUT2D eigenvalue weighted by Gasteiger charge is -2.19. The van der Waals surface area contributed by atoms with Gasteiger partial charge < -0.3 is 24.8 Å². The molecule has 152 valence electrons. The maximum absolute atomic E-state index is 5.37. The number of hydrogen-bond donors (Lipinski definition) is 2. The zero-order valence-electron chi connectivity index (χ0n) is 17.1. The number of methoxy groups -OCH3 is 3. The molecule has 27 heavy (non-hydrogen) atoms. The van der Waals surface area contributed by atoms with E-state index in [1.165, 1.54) is 5.56 Å². The van der Waals surface area contributed by atoms with E-state index >= 15 is 0 Å². The third-order valence-corrected chi connectivity index (χ3v) is 4.55. The van der Waals surface area contributed by atoms with E-state index in [1.807, 2.05) is 6.07 Å². The summed E-state index contributed by atoms with van der Waals surface area (Å²) in [5.41, 5.74) is 1.20. The highest BCUT2D eigenvalue weighted by atomic mass is 16.5. The smallest absolute Gasteiger partial charge is 0.191 e. The number of likely N-dealkylation sites (tertiary alicyclic amines) is 1. The highest BCUT2D eigenvalue weighted by molar-refractivity contribution is 5.80. The average molecular weight is 379 g/mol. The van der Waals surface area contributed by atoms with E-state index in [9.17, 15) is 0 Å². The van der Waals surface area contributed by atoms with Crippen LogP contribution in [-0.4, -0.2) is 71.0 Å². The molecule has 2 rings (SSSR count). The number of nitrogens with one attached hydrogen (secondary N) is 2. The first-order chi connectivity index (χ1) is 13.2. The lowest BCUT2D eigenvalue weighted by atomic mass is 10.2. The molecule has 1 aliphatic rings. The van der Waals surface area contributed by atoms with Gasteiger partial charge in [-0.1, -0.05) is 0 Å². The summed E-state index contributed by atoms with van der Waals surface area (Å²) >= 11 is 0. The van der Waals surface area contributed by atoms with Gasteiger partial charge in [-0.15, -0.1) is 0 Å². The Morgan fingerprint density at radius 1 is 1.19 bits per heavy atom. The molecule has 0 radical (unpaired) electrons. The van der Waals surface area contributed by atoms with Crippen molar-refractivity contribution in [1.82, 2.24) is 15.5 Å². The summed E-state index contributed by atoms with van der Waals surface area (Å²) in [5, 5.41) is 6.89. The average Bonchev–Trinajstić information content (AvgIpc) is 3.11. The van der Waals surface area contributed by atoms with Crippen LogP contribution in [0.25, 0.3) is 0 Å². The molecule has 1 saturated heterocycles. The molecule has 7 nitrogen and oxygen atoms in total. The minimum Gasteiger partial charge on any atom is -0.497 e. The summed E-state index contributed by atoms with van der Waals surface area (Å²) in [4.78, 5) is 7.08. The van der Waals surface area contributed by atoms with E-state index in [2.05, 4.69) is 39.6 Å². The monoisotopic (exact) mass is 378 g/mol. The molecule has 0 aromatic heterocycles. The van der Waals surface area contributed by atoms with Gasteiger partial charge in [0.25, 0.3) is 0 Å². The molecule has 1 unspecified atom stereocenters. The number of aliphatic imine (C=N–C) groups is 1. The van der Waals surface area contributed by atoms with Gasteiger partial charge in [-0.2, -0.15) is 0 Å². The highest BCUT2D eigenvalue weighted by Crippen LogP contribution is 2.24. The third kappa shape index (κ3) is 7.27. The van der Waals surface area contributed by atoms with Gasteiger partial charge in [0.2, 0.25) is 0 Å². The molecular weight excluding hydrogens is 344 g/mol. The second kappa shape index (κ2) is 11.7. The molecule has 0 saturated carbocycles. The summed E-state index contributed by atoms with van der Waals surface area (Å²) in [6.07, 6.45) is 2.03. The molecule has 1 aromatic carbocycles. The summed E-state index contributed by atoms with van der Waals surface area (Å²) in [7, 11) is 5.09. The number of hydrogen-bond acceptors (Lipinski definition) is 5. The molecule has 0 aliphatic carbocycles. The molecule has 1 aromatic rings. The Morgan fingerprint density at radius 3 is 2.56 bits per heavy atom. The normalized spacial score (nSPS) is 17.8. The van der Waals surface area contributed by atoms with Crippen molar-refractivity contribution in [3.05, 3.63) is 23.8 Å². The van der Waals surface area contributed by atoms with Gasteiger partial charge in [0.1, 0.15) is 11.5 Å². The first-order valence-electron chi connectivity index (χ1n) is 9.66. The zero-order chi connectivity index (χ0) is 19.5. The van der Waals surface area contributed by atoms with Crippen LogP contribution < -0.4 is 20.1 Å². The zero-order valence-corrected chi connectivity index (χ0v) is 17.1. The van der Waals surface area contributed by atoms with Crippen molar-refractivity contribution in [2.75, 3.05) is 54.1 Å². The van der Waals surface area contributed by atoms with Crippen LogP contribution in [0.4, 0.5) is 0 Å². The van der Waals surface area contributed by atoms with E-state index < -0.39 is 0 Å². The van der Waals surface area contributed by atoms with Crippen molar-refractivity contribution in [2.24, 2.45) is 4.99 Å². The minimum atomic E-state index is 0.401. The van der Waals surface area contributed by atoms with Gasteiger partial charge >= 0.3 is 0 Å². The summed E-state index contributed by atoms with van der Waals surface area (Å²) in [5.74, 6) is 2.55. The summed E-state index contributed by atoms with van der Waals surface area (Å²) < 4.78 is 15.8. The summed E-state index contributed by atoms with van der Waals surface area (Å²) in [6, 6.07) is 6.45. The number of benzene rings is 1. The minimum absolute atomic E-state index is 0.401. The second-order valence-electron chi connectivity index (χ2n) is 6.69. The van der Waals surface area contributed by atoms with Gasteiger partial charge in [0.05, 0.1) is 14.2 Å². The van der Waals surface area contributed by atoms with Crippen LogP contribution in [0.5, 0.6) is 11.5 Å². The Hall–Kier alpha value is -1.99. The molecular formula is C20H34N4O3. The van der Waals surface area contributed by atoms with Crippen molar-refractivity contribution >= 4 is 5.96 Å². The molecule has 1 atom stereocenters. The van der Waals surface area contributed by atoms with Gasteiger partial charge in [0, 0.05) is 58.5 Å². The maximum Gasteiger partial charge on any atom is 0.191 e. The van der Waals surface area contributed by atoms with Crippen molar-refractivity contribution < 1.29 is 14.2 Å². The third-order valence-electron chi connectivity index (χ3n) is 4.55. The highest BCUT2D eigenvalue weighted by Gasteiger charge is 2.23. The Balaban J connectivity index is 1.88. The van der Waals surface area contributed by atoms with Gasteiger partial charge in [-0.25, -0.2) is 0 Å². The van der Waals surface area contributed by atoms with Crippen molar-refractivity contribution in [3.8, 4) is 11.5 Å². The Bertz CT molecular complexity index is 572. The Morgan fingerprint density at radius 2 is 1.93 bits per heavy atom. The molecule has 1 aliphatic heterocycles. The van der Waals surface area contributed by atoms with Crippen molar-refractivity contribution in [2.45, 2.75) is 32.4 Å². The van der Waals surface area contributed by atoms with Gasteiger partial charge in [-0.3, -0.25) is 9.89 Å². The number of ether oxygens (including phenoxy) is 3. The largest absolute Gasteiger partial charge is 0.497 e. The van der Waals surface area contributed by atoms with E-state index in [1.54, 1.807) is 21.3 Å². The predicted octanol–water partition coefficient (Wildman–Crippen LogP) is 1.87. The lowest BCUT2D eigenvalue weighted by Crippen LogP contribution is -2.44.